The van der Waals surface area contributed by atoms with Gasteiger partial charge in [-0.15, -0.1) is 0 Å². The Bertz CT molecular complexity index is 344. The maximum Gasteiger partial charge on any atom is 0.0392 e. The summed E-state index contributed by atoms with van der Waals surface area (Å²) >= 11 is 0. The van der Waals surface area contributed by atoms with Gasteiger partial charge in [-0.2, -0.15) is 0 Å². The van der Waals surface area contributed by atoms with E-state index in [-0.39, 0.29) is 6.04 Å². The summed E-state index contributed by atoms with van der Waals surface area (Å²) in [6, 6.07) is 0.184. The predicted molar refractivity (Wildman–Crippen MR) is 85.9 cm³/mol. The van der Waals surface area contributed by atoms with Gasteiger partial charge >= 0.3 is 0 Å². The Hall–Kier alpha value is 0.110. The molecule has 4 bridgehead atoms. The highest BCUT2D eigenvalue weighted by Gasteiger charge is 2.53. The quantitative estimate of drug-likeness (QED) is 0.817. The van der Waals surface area contributed by atoms with Gasteiger partial charge in [-0.25, -0.2) is 0 Å². The van der Waals surface area contributed by atoms with Crippen LogP contribution in [0, 0.1) is 29.1 Å². The fraction of sp³-hybridized carbons (Fsp3) is 1.00. The first kappa shape index (κ1) is 15.0. The smallest absolute Gasteiger partial charge is 0.0392 e. The molecule has 2 nitrogen and oxygen atoms in total. The second-order valence-electron chi connectivity index (χ2n) is 8.38. The van der Waals surface area contributed by atoms with Gasteiger partial charge in [0.2, 0.25) is 0 Å². The van der Waals surface area contributed by atoms with Gasteiger partial charge in [0.05, 0.1) is 0 Å². The summed E-state index contributed by atoms with van der Waals surface area (Å²) in [4.78, 5) is 0. The predicted octanol–water partition coefficient (Wildman–Crippen LogP) is 3.32. The second kappa shape index (κ2) is 5.72. The molecule has 0 amide bonds. The molecule has 2 unspecified atom stereocenters. The maximum atomic E-state index is 12.3. The molecule has 4 fully saturated rings. The summed E-state index contributed by atoms with van der Waals surface area (Å²) in [5.74, 6) is 5.07. The maximum absolute atomic E-state index is 12.3. The van der Waals surface area contributed by atoms with Crippen molar-refractivity contribution in [3.63, 3.8) is 0 Å². The van der Waals surface area contributed by atoms with Crippen LogP contribution in [0.3, 0.4) is 0 Å². The van der Waals surface area contributed by atoms with Gasteiger partial charge in [0.15, 0.2) is 0 Å². The van der Waals surface area contributed by atoms with Crippen LogP contribution >= 0.6 is 0 Å². The van der Waals surface area contributed by atoms with Crippen molar-refractivity contribution < 1.29 is 4.21 Å². The minimum Gasteiger partial charge on any atom is -0.326 e. The molecule has 0 aromatic heterocycles. The van der Waals surface area contributed by atoms with Crippen LogP contribution in [0.2, 0.25) is 0 Å². The van der Waals surface area contributed by atoms with Crippen LogP contribution < -0.4 is 5.73 Å². The highest BCUT2D eigenvalue weighted by atomic mass is 32.2. The average molecular weight is 298 g/mol. The zero-order valence-corrected chi connectivity index (χ0v) is 14.0. The van der Waals surface area contributed by atoms with E-state index in [4.69, 9.17) is 5.73 Å². The zero-order valence-electron chi connectivity index (χ0n) is 13.1. The van der Waals surface area contributed by atoms with Crippen molar-refractivity contribution in [3.05, 3.63) is 0 Å². The average Bonchev–Trinajstić information content (AvgIpc) is 2.34. The fourth-order valence-corrected chi connectivity index (χ4v) is 7.11. The summed E-state index contributed by atoms with van der Waals surface area (Å²) < 4.78 is 12.3. The molecule has 4 saturated carbocycles. The van der Waals surface area contributed by atoms with E-state index >= 15 is 0 Å². The lowest BCUT2D eigenvalue weighted by Gasteiger charge is -2.58. The van der Waals surface area contributed by atoms with Crippen molar-refractivity contribution in [3.8, 4) is 0 Å². The molecule has 2 N–H and O–H groups in total. The van der Waals surface area contributed by atoms with Gasteiger partial charge in [0.1, 0.15) is 0 Å². The summed E-state index contributed by atoms with van der Waals surface area (Å²) in [6.45, 7) is 4.41. The van der Waals surface area contributed by atoms with Crippen LogP contribution in [-0.2, 0) is 10.8 Å². The molecule has 0 aliphatic heterocycles. The summed E-state index contributed by atoms with van der Waals surface area (Å²) in [7, 11) is -0.708. The van der Waals surface area contributed by atoms with Crippen molar-refractivity contribution in [2.75, 3.05) is 11.5 Å². The molecule has 20 heavy (non-hydrogen) atoms. The highest BCUT2D eigenvalue weighted by Crippen LogP contribution is 2.61. The molecular formula is C17H31NOS. The Morgan fingerprint density at radius 1 is 1.10 bits per heavy atom. The van der Waals surface area contributed by atoms with Crippen molar-refractivity contribution in [1.82, 2.24) is 0 Å². The molecular weight excluding hydrogens is 266 g/mol. The van der Waals surface area contributed by atoms with Crippen molar-refractivity contribution in [2.45, 2.75) is 64.8 Å². The van der Waals surface area contributed by atoms with Crippen molar-refractivity contribution in [1.29, 1.82) is 0 Å². The van der Waals surface area contributed by atoms with Crippen molar-refractivity contribution in [2.24, 2.45) is 34.8 Å². The van der Waals surface area contributed by atoms with E-state index < -0.39 is 10.8 Å². The fourth-order valence-electron chi connectivity index (χ4n) is 5.46. The summed E-state index contributed by atoms with van der Waals surface area (Å²) in [5, 5.41) is 0. The molecule has 0 aromatic carbocycles. The molecule has 2 atom stereocenters. The van der Waals surface area contributed by atoms with E-state index in [1.807, 2.05) is 0 Å². The van der Waals surface area contributed by atoms with E-state index in [2.05, 4.69) is 13.8 Å². The number of rotatable bonds is 6. The van der Waals surface area contributed by atoms with Crippen LogP contribution in [0.1, 0.15) is 58.8 Å². The lowest BCUT2D eigenvalue weighted by molar-refractivity contribution is -0.0630. The van der Waals surface area contributed by atoms with E-state index in [0.717, 1.165) is 35.7 Å². The molecule has 116 valence electrons. The number of hydrogen-bond donors (Lipinski definition) is 1. The van der Waals surface area contributed by atoms with Crippen molar-refractivity contribution >= 4 is 10.8 Å². The highest BCUT2D eigenvalue weighted by molar-refractivity contribution is 7.85. The topological polar surface area (TPSA) is 43.1 Å². The molecule has 4 aliphatic carbocycles. The van der Waals surface area contributed by atoms with E-state index in [9.17, 15) is 4.21 Å². The first-order chi connectivity index (χ1) is 9.47. The van der Waals surface area contributed by atoms with E-state index in [1.54, 1.807) is 0 Å². The Kier molecular flexibility index (Phi) is 4.29. The third kappa shape index (κ3) is 2.99. The van der Waals surface area contributed by atoms with Crippen LogP contribution in [0.25, 0.3) is 0 Å². The third-order valence-corrected chi connectivity index (χ3v) is 7.58. The van der Waals surface area contributed by atoms with Gasteiger partial charge < -0.3 is 5.73 Å². The van der Waals surface area contributed by atoms with Crippen LogP contribution in [0.4, 0.5) is 0 Å². The van der Waals surface area contributed by atoms with Crippen LogP contribution in [0.15, 0.2) is 0 Å². The van der Waals surface area contributed by atoms with E-state index in [1.165, 1.54) is 38.5 Å². The van der Waals surface area contributed by atoms with E-state index in [0.29, 0.717) is 11.3 Å². The van der Waals surface area contributed by atoms with Gasteiger partial charge in [0.25, 0.3) is 0 Å². The second-order valence-corrected chi connectivity index (χ2v) is 10.0. The standard InChI is InChI=1S/C17H31NOS/c1-12(2)3-4-20(19)11-16(18)17-8-13-5-14(9-17)7-15(6-13)10-17/h12-16H,3-11,18H2,1-2H3. The minimum absolute atomic E-state index is 0.184. The Morgan fingerprint density at radius 2 is 1.60 bits per heavy atom. The normalized spacial score (nSPS) is 42.1. The van der Waals surface area contributed by atoms with Crippen LogP contribution in [0.5, 0.6) is 0 Å². The Balaban J connectivity index is 1.59. The minimum atomic E-state index is -0.708. The zero-order chi connectivity index (χ0) is 14.3. The molecule has 0 heterocycles. The van der Waals surface area contributed by atoms with Gasteiger partial charge in [-0.3, -0.25) is 4.21 Å². The molecule has 0 saturated heterocycles. The molecule has 0 aromatic rings. The molecule has 0 radical (unpaired) electrons. The van der Waals surface area contributed by atoms with Gasteiger partial charge in [0, 0.05) is 28.3 Å². The largest absolute Gasteiger partial charge is 0.326 e. The summed E-state index contributed by atoms with van der Waals surface area (Å²) in [5.41, 5.74) is 6.95. The lowest BCUT2D eigenvalue weighted by Crippen LogP contribution is -2.56. The SMILES string of the molecule is CC(C)CCS(=O)CC(N)C12CC3CC(CC(C3)C1)C2. The molecule has 4 rings (SSSR count). The Morgan fingerprint density at radius 3 is 2.05 bits per heavy atom. The number of nitrogens with two attached hydrogens (primary N) is 1. The van der Waals surface area contributed by atoms with Crippen LogP contribution in [-0.4, -0.2) is 21.8 Å². The third-order valence-electron chi connectivity index (χ3n) is 6.16. The van der Waals surface area contributed by atoms with Gasteiger partial charge in [-0.05, 0) is 74.0 Å². The Labute approximate surface area is 126 Å². The molecule has 3 heteroatoms. The summed E-state index contributed by atoms with van der Waals surface area (Å²) in [6.07, 6.45) is 9.46. The number of hydrogen-bond acceptors (Lipinski definition) is 2. The first-order valence-corrected chi connectivity index (χ1v) is 10.1. The van der Waals surface area contributed by atoms with Gasteiger partial charge in [-0.1, -0.05) is 13.8 Å². The molecule has 0 spiro atoms. The lowest BCUT2D eigenvalue weighted by atomic mass is 9.48. The molecule has 4 aliphatic rings. The monoisotopic (exact) mass is 297 g/mol. The first-order valence-electron chi connectivity index (χ1n) is 8.57.